The molecule has 0 fully saturated rings. The summed E-state index contributed by atoms with van der Waals surface area (Å²) in [6.45, 7) is 5.90. The van der Waals surface area contributed by atoms with Crippen molar-refractivity contribution in [2.75, 3.05) is 5.84 Å². The van der Waals surface area contributed by atoms with Crippen molar-refractivity contribution in [2.24, 2.45) is 0 Å². The summed E-state index contributed by atoms with van der Waals surface area (Å²) in [5.41, 5.74) is 2.97. The first-order valence-corrected chi connectivity index (χ1v) is 6.13. The van der Waals surface area contributed by atoms with E-state index in [9.17, 15) is 0 Å². The van der Waals surface area contributed by atoms with E-state index in [1.807, 2.05) is 68.1 Å². The van der Waals surface area contributed by atoms with Crippen LogP contribution in [-0.4, -0.2) is 14.2 Å². The monoisotopic (exact) mass is 242 g/mol. The predicted octanol–water partition coefficient (Wildman–Crippen LogP) is 2.88. The third-order valence-corrected chi connectivity index (χ3v) is 2.75. The highest BCUT2D eigenvalue weighted by atomic mass is 15.3. The molecule has 0 radical (unpaired) electrons. The quantitative estimate of drug-likeness (QED) is 0.667. The topological polar surface area (TPSA) is 48.8 Å². The van der Waals surface area contributed by atoms with Crippen LogP contribution in [0.5, 0.6) is 0 Å². The Morgan fingerprint density at radius 3 is 2.44 bits per heavy atom. The average Bonchev–Trinajstić information content (AvgIpc) is 3.02. The standard InChI is InChI=1S/C12H12N4.C2H6/c1-9-14-11-8-10(15-6-2-3-7-15)4-5-12(11)16(9)13;1-2/h2-8H,13H2,1H3;1-2H3. The van der Waals surface area contributed by atoms with E-state index < -0.39 is 0 Å². The lowest BCUT2D eigenvalue weighted by molar-refractivity contribution is 0.956. The first-order valence-electron chi connectivity index (χ1n) is 6.13. The molecule has 0 atom stereocenters. The van der Waals surface area contributed by atoms with Crippen LogP contribution in [0, 0.1) is 6.92 Å². The minimum Gasteiger partial charge on any atom is -0.337 e. The van der Waals surface area contributed by atoms with Crippen molar-refractivity contribution in [3.05, 3.63) is 48.5 Å². The maximum absolute atomic E-state index is 5.85. The molecule has 4 nitrogen and oxygen atoms in total. The van der Waals surface area contributed by atoms with E-state index in [2.05, 4.69) is 4.98 Å². The Morgan fingerprint density at radius 1 is 1.11 bits per heavy atom. The van der Waals surface area contributed by atoms with Crippen molar-refractivity contribution in [2.45, 2.75) is 20.8 Å². The molecule has 0 aliphatic heterocycles. The maximum Gasteiger partial charge on any atom is 0.125 e. The summed E-state index contributed by atoms with van der Waals surface area (Å²) in [6.07, 6.45) is 4.01. The van der Waals surface area contributed by atoms with Crippen LogP contribution >= 0.6 is 0 Å². The van der Waals surface area contributed by atoms with Gasteiger partial charge in [0.2, 0.25) is 0 Å². The van der Waals surface area contributed by atoms with Gasteiger partial charge < -0.3 is 10.4 Å². The zero-order valence-electron chi connectivity index (χ0n) is 11.0. The van der Waals surface area contributed by atoms with Gasteiger partial charge in [-0.1, -0.05) is 13.8 Å². The number of aromatic nitrogens is 3. The third kappa shape index (κ3) is 1.97. The molecule has 0 aliphatic rings. The van der Waals surface area contributed by atoms with Crippen LogP contribution in [0.25, 0.3) is 16.7 Å². The largest absolute Gasteiger partial charge is 0.337 e. The highest BCUT2D eigenvalue weighted by Gasteiger charge is 2.05. The van der Waals surface area contributed by atoms with E-state index in [4.69, 9.17) is 5.84 Å². The number of imidazole rings is 1. The number of aryl methyl sites for hydroxylation is 1. The van der Waals surface area contributed by atoms with Gasteiger partial charge in [0.15, 0.2) is 0 Å². The SMILES string of the molecule is CC.Cc1nc2cc(-n3cccc3)ccc2n1N. The summed E-state index contributed by atoms with van der Waals surface area (Å²) in [4.78, 5) is 4.41. The van der Waals surface area contributed by atoms with Crippen molar-refractivity contribution in [1.82, 2.24) is 14.2 Å². The van der Waals surface area contributed by atoms with Crippen LogP contribution < -0.4 is 5.84 Å². The number of nitrogen functional groups attached to an aromatic ring is 1. The van der Waals surface area contributed by atoms with Crippen molar-refractivity contribution >= 4 is 11.0 Å². The molecular weight excluding hydrogens is 224 g/mol. The van der Waals surface area contributed by atoms with Crippen molar-refractivity contribution < 1.29 is 0 Å². The normalized spacial score (nSPS) is 10.2. The molecular formula is C14H18N4. The van der Waals surface area contributed by atoms with E-state index >= 15 is 0 Å². The van der Waals surface area contributed by atoms with Crippen molar-refractivity contribution in [3.8, 4) is 5.69 Å². The average molecular weight is 242 g/mol. The van der Waals surface area contributed by atoms with Gasteiger partial charge in [-0.3, -0.25) is 0 Å². The fraction of sp³-hybridized carbons (Fsp3) is 0.214. The molecule has 2 N–H and O–H groups in total. The number of benzene rings is 1. The Hall–Kier alpha value is -2.23. The molecule has 2 aromatic heterocycles. The number of rotatable bonds is 1. The highest BCUT2D eigenvalue weighted by molar-refractivity contribution is 5.78. The molecule has 0 saturated carbocycles. The molecule has 0 unspecified atom stereocenters. The first-order chi connectivity index (χ1) is 8.75. The van der Waals surface area contributed by atoms with E-state index in [1.165, 1.54) is 0 Å². The molecule has 4 heteroatoms. The van der Waals surface area contributed by atoms with Gasteiger partial charge in [0, 0.05) is 18.1 Å². The zero-order valence-corrected chi connectivity index (χ0v) is 11.0. The lowest BCUT2D eigenvalue weighted by Crippen LogP contribution is -2.09. The first kappa shape index (κ1) is 12.2. The van der Waals surface area contributed by atoms with Crippen LogP contribution in [0.3, 0.4) is 0 Å². The molecule has 18 heavy (non-hydrogen) atoms. The molecule has 0 bridgehead atoms. The van der Waals surface area contributed by atoms with Gasteiger partial charge in [0.25, 0.3) is 0 Å². The van der Waals surface area contributed by atoms with Crippen LogP contribution in [-0.2, 0) is 0 Å². The van der Waals surface area contributed by atoms with E-state index in [0.717, 1.165) is 22.5 Å². The molecule has 2 heterocycles. The zero-order chi connectivity index (χ0) is 13.1. The van der Waals surface area contributed by atoms with E-state index in [-0.39, 0.29) is 0 Å². The summed E-state index contributed by atoms with van der Waals surface area (Å²) >= 11 is 0. The lowest BCUT2D eigenvalue weighted by Gasteiger charge is -2.02. The van der Waals surface area contributed by atoms with Crippen LogP contribution in [0.2, 0.25) is 0 Å². The van der Waals surface area contributed by atoms with Gasteiger partial charge in [0.1, 0.15) is 5.82 Å². The fourth-order valence-corrected chi connectivity index (χ4v) is 1.87. The Morgan fingerprint density at radius 2 is 1.78 bits per heavy atom. The summed E-state index contributed by atoms with van der Waals surface area (Å²) in [7, 11) is 0. The summed E-state index contributed by atoms with van der Waals surface area (Å²) < 4.78 is 3.65. The second kappa shape index (κ2) is 4.96. The molecule has 1 aromatic carbocycles. The Labute approximate surface area is 107 Å². The Balaban J connectivity index is 0.000000574. The Bertz CT molecular complexity index is 635. The van der Waals surface area contributed by atoms with Crippen molar-refractivity contribution in [3.63, 3.8) is 0 Å². The molecule has 0 aliphatic carbocycles. The smallest absolute Gasteiger partial charge is 0.125 e. The Kier molecular flexibility index (Phi) is 3.37. The van der Waals surface area contributed by atoms with Crippen LogP contribution in [0.15, 0.2) is 42.7 Å². The van der Waals surface area contributed by atoms with Gasteiger partial charge in [-0.2, -0.15) is 0 Å². The van der Waals surface area contributed by atoms with Crippen LogP contribution in [0.1, 0.15) is 19.7 Å². The number of hydrogen-bond donors (Lipinski definition) is 1. The van der Waals surface area contributed by atoms with Crippen molar-refractivity contribution in [1.29, 1.82) is 0 Å². The molecule has 3 rings (SSSR count). The van der Waals surface area contributed by atoms with Gasteiger partial charge in [-0.05, 0) is 37.3 Å². The van der Waals surface area contributed by atoms with E-state index in [1.54, 1.807) is 4.68 Å². The molecule has 94 valence electrons. The molecule has 0 amide bonds. The second-order valence-electron chi connectivity index (χ2n) is 3.79. The fourth-order valence-electron chi connectivity index (χ4n) is 1.87. The summed E-state index contributed by atoms with van der Waals surface area (Å²) in [5, 5.41) is 0. The summed E-state index contributed by atoms with van der Waals surface area (Å²) in [5.74, 6) is 6.67. The second-order valence-corrected chi connectivity index (χ2v) is 3.79. The number of nitrogens with zero attached hydrogens (tertiary/aromatic N) is 3. The molecule has 0 spiro atoms. The lowest BCUT2D eigenvalue weighted by atomic mass is 10.3. The molecule has 3 aromatic rings. The third-order valence-electron chi connectivity index (χ3n) is 2.75. The summed E-state index contributed by atoms with van der Waals surface area (Å²) in [6, 6.07) is 10.1. The van der Waals surface area contributed by atoms with Crippen LogP contribution in [0.4, 0.5) is 0 Å². The van der Waals surface area contributed by atoms with E-state index in [0.29, 0.717) is 0 Å². The van der Waals surface area contributed by atoms with Gasteiger partial charge in [-0.25, -0.2) is 9.66 Å². The predicted molar refractivity (Wildman–Crippen MR) is 75.3 cm³/mol. The van der Waals surface area contributed by atoms with Gasteiger partial charge in [0.05, 0.1) is 11.0 Å². The number of fused-ring (bicyclic) bond motifs is 1. The van der Waals surface area contributed by atoms with Gasteiger partial charge >= 0.3 is 0 Å². The van der Waals surface area contributed by atoms with Gasteiger partial charge in [-0.15, -0.1) is 0 Å². The number of nitrogens with two attached hydrogens (primary N) is 1. The molecule has 0 saturated heterocycles. The number of hydrogen-bond acceptors (Lipinski definition) is 2. The highest BCUT2D eigenvalue weighted by Crippen LogP contribution is 2.18. The maximum atomic E-state index is 5.85. The minimum atomic E-state index is 0.819. The minimum absolute atomic E-state index is 0.819.